The number of piperazine rings is 1. The van der Waals surface area contributed by atoms with Gasteiger partial charge in [-0.3, -0.25) is 24.2 Å². The van der Waals surface area contributed by atoms with Crippen LogP contribution in [0.4, 0.5) is 11.5 Å². The fourth-order valence-electron chi connectivity index (χ4n) is 8.78. The highest BCUT2D eigenvalue weighted by Gasteiger charge is 2.43. The summed E-state index contributed by atoms with van der Waals surface area (Å²) in [6, 6.07) is 6.41. The number of hydrogen-bond donors (Lipinski definition) is 1. The summed E-state index contributed by atoms with van der Waals surface area (Å²) in [6.07, 6.45) is 11.5. The first-order chi connectivity index (χ1) is 24.2. The van der Waals surface area contributed by atoms with Gasteiger partial charge in [0, 0.05) is 81.1 Å². The van der Waals surface area contributed by atoms with Gasteiger partial charge in [-0.1, -0.05) is 0 Å². The third kappa shape index (κ3) is 5.41. The number of carbonyl (C=O) groups excluding carboxylic acids is 2. The highest BCUT2D eigenvalue weighted by Crippen LogP contribution is 2.54. The SMILES string of the molecule is C=N/C(=C\C=C(/C)N1CCN(C2COC2)C[C@@H]1C)Nc1cc(-c2ccnc(N3CCn4c(cc5c4[C@H]4CC[C@@H]5C4)C3=O)c2C=O)cn(C)c1=O. The van der Waals surface area contributed by atoms with Gasteiger partial charge in [0.15, 0.2) is 6.29 Å². The minimum atomic E-state index is -0.260. The van der Waals surface area contributed by atoms with Crippen molar-refractivity contribution in [1.82, 2.24) is 23.9 Å². The molecule has 3 aliphatic heterocycles. The van der Waals surface area contributed by atoms with Crippen molar-refractivity contribution < 1.29 is 14.3 Å². The molecule has 3 aromatic heterocycles. The molecule has 1 saturated carbocycles. The molecule has 8 rings (SSSR count). The number of hydrogen-bond acceptors (Lipinski definition) is 9. The summed E-state index contributed by atoms with van der Waals surface area (Å²) >= 11 is 0. The third-order valence-electron chi connectivity index (χ3n) is 11.4. The van der Waals surface area contributed by atoms with Gasteiger partial charge in [-0.25, -0.2) is 9.98 Å². The van der Waals surface area contributed by atoms with Crippen LogP contribution in [0.1, 0.15) is 77.0 Å². The largest absolute Gasteiger partial charge is 0.378 e. The van der Waals surface area contributed by atoms with Crippen LogP contribution < -0.4 is 15.8 Å². The lowest BCUT2D eigenvalue weighted by Gasteiger charge is -2.46. The summed E-state index contributed by atoms with van der Waals surface area (Å²) in [5.74, 6) is 1.71. The van der Waals surface area contributed by atoms with E-state index >= 15 is 0 Å². The molecule has 3 atom stereocenters. The normalized spacial score (nSPS) is 23.9. The Balaban J connectivity index is 1.05. The molecule has 0 radical (unpaired) electrons. The van der Waals surface area contributed by atoms with Gasteiger partial charge in [-0.15, -0.1) is 0 Å². The van der Waals surface area contributed by atoms with Crippen LogP contribution in [-0.2, 0) is 18.3 Å². The number of amides is 1. The number of allylic oxidation sites excluding steroid dienone is 3. The number of fused-ring (bicyclic) bond motifs is 7. The average Bonchev–Trinajstić information content (AvgIpc) is 3.81. The van der Waals surface area contributed by atoms with E-state index in [9.17, 15) is 14.4 Å². The number of ether oxygens (including phenoxy) is 1. The van der Waals surface area contributed by atoms with Crippen LogP contribution >= 0.6 is 0 Å². The molecule has 0 unspecified atom stereocenters. The number of carbonyl (C=O) groups is 2. The lowest BCUT2D eigenvalue weighted by molar-refractivity contribution is -0.0814. The van der Waals surface area contributed by atoms with Gasteiger partial charge in [-0.05, 0) is 87.2 Å². The number of anilines is 2. The second-order valence-electron chi connectivity index (χ2n) is 14.3. The minimum absolute atomic E-state index is 0.139. The summed E-state index contributed by atoms with van der Waals surface area (Å²) in [5, 5.41) is 3.16. The molecular weight excluding hydrogens is 632 g/mol. The summed E-state index contributed by atoms with van der Waals surface area (Å²) < 4.78 is 9.06. The van der Waals surface area contributed by atoms with Crippen LogP contribution in [0.15, 0.2) is 64.0 Å². The van der Waals surface area contributed by atoms with E-state index < -0.39 is 0 Å². The maximum atomic E-state index is 13.9. The Bertz CT molecular complexity index is 2010. The molecule has 1 N–H and O–H groups in total. The maximum absolute atomic E-state index is 13.9. The molecule has 2 saturated heterocycles. The fourth-order valence-corrected chi connectivity index (χ4v) is 8.78. The molecule has 2 aliphatic carbocycles. The van der Waals surface area contributed by atoms with E-state index in [1.54, 1.807) is 36.5 Å². The Morgan fingerprint density at radius 2 is 1.92 bits per heavy atom. The molecule has 2 bridgehead atoms. The Morgan fingerprint density at radius 1 is 1.10 bits per heavy atom. The second kappa shape index (κ2) is 12.8. The van der Waals surface area contributed by atoms with Crippen LogP contribution in [0.2, 0.25) is 0 Å². The van der Waals surface area contributed by atoms with Gasteiger partial charge >= 0.3 is 0 Å². The van der Waals surface area contributed by atoms with Gasteiger partial charge in [0.25, 0.3) is 11.5 Å². The molecule has 12 heteroatoms. The van der Waals surface area contributed by atoms with Gasteiger partial charge in [0.1, 0.15) is 23.0 Å². The highest BCUT2D eigenvalue weighted by atomic mass is 16.5. The van der Waals surface area contributed by atoms with E-state index in [1.807, 2.05) is 12.2 Å². The van der Waals surface area contributed by atoms with Crippen molar-refractivity contribution in [1.29, 1.82) is 0 Å². The predicted molar refractivity (Wildman–Crippen MR) is 193 cm³/mol. The predicted octanol–water partition coefficient (Wildman–Crippen LogP) is 4.35. The maximum Gasteiger partial charge on any atom is 0.276 e. The van der Waals surface area contributed by atoms with Crippen LogP contribution in [-0.4, -0.2) is 94.3 Å². The first-order valence-electron chi connectivity index (χ1n) is 17.7. The van der Waals surface area contributed by atoms with Crippen molar-refractivity contribution in [3.8, 4) is 11.1 Å². The third-order valence-corrected chi connectivity index (χ3v) is 11.4. The van der Waals surface area contributed by atoms with Crippen molar-refractivity contribution >= 4 is 30.4 Å². The van der Waals surface area contributed by atoms with Gasteiger partial charge < -0.3 is 24.1 Å². The number of nitrogens with zero attached hydrogens (tertiary/aromatic N) is 7. The summed E-state index contributed by atoms with van der Waals surface area (Å²) in [7, 11) is 1.67. The molecule has 5 aliphatic rings. The number of rotatable bonds is 9. The zero-order chi connectivity index (χ0) is 34.7. The van der Waals surface area contributed by atoms with Gasteiger partial charge in [-0.2, -0.15) is 0 Å². The summed E-state index contributed by atoms with van der Waals surface area (Å²) in [5.41, 5.74) is 5.97. The Morgan fingerprint density at radius 3 is 2.66 bits per heavy atom. The van der Waals surface area contributed by atoms with E-state index in [0.29, 0.717) is 71.0 Å². The number of aromatic nitrogens is 3. The zero-order valence-corrected chi connectivity index (χ0v) is 29.0. The lowest BCUT2D eigenvalue weighted by Crippen LogP contribution is -2.59. The molecule has 3 fully saturated rings. The van der Waals surface area contributed by atoms with Crippen molar-refractivity contribution in [2.45, 2.75) is 63.6 Å². The van der Waals surface area contributed by atoms with Crippen molar-refractivity contribution in [2.24, 2.45) is 12.0 Å². The topological polar surface area (TPSA) is 117 Å². The smallest absolute Gasteiger partial charge is 0.276 e. The van der Waals surface area contributed by atoms with E-state index in [2.05, 4.69) is 56.3 Å². The minimum Gasteiger partial charge on any atom is -0.378 e. The average molecular weight is 677 g/mol. The number of aldehydes is 1. The second-order valence-corrected chi connectivity index (χ2v) is 14.3. The number of nitrogens with one attached hydrogen (secondary N) is 1. The zero-order valence-electron chi connectivity index (χ0n) is 29.0. The van der Waals surface area contributed by atoms with Crippen LogP contribution in [0.3, 0.4) is 0 Å². The van der Waals surface area contributed by atoms with Crippen molar-refractivity contribution in [2.75, 3.05) is 49.6 Å². The van der Waals surface area contributed by atoms with Crippen LogP contribution in [0, 0.1) is 0 Å². The summed E-state index contributed by atoms with van der Waals surface area (Å²) in [6.45, 7) is 13.7. The Kier molecular flexibility index (Phi) is 8.31. The fraction of sp³-hybridized carbons (Fsp3) is 0.447. The number of aliphatic imine (C=N–C) groups is 1. The Labute approximate surface area is 291 Å². The number of pyridine rings is 2. The highest BCUT2D eigenvalue weighted by molar-refractivity contribution is 6.09. The van der Waals surface area contributed by atoms with Crippen molar-refractivity contribution in [3.63, 3.8) is 0 Å². The van der Waals surface area contributed by atoms with Crippen LogP contribution in [0.5, 0.6) is 0 Å². The monoisotopic (exact) mass is 676 g/mol. The summed E-state index contributed by atoms with van der Waals surface area (Å²) in [4.78, 5) is 55.2. The van der Waals surface area contributed by atoms with E-state index in [4.69, 9.17) is 4.74 Å². The lowest BCUT2D eigenvalue weighted by atomic mass is 9.98. The van der Waals surface area contributed by atoms with E-state index in [1.165, 1.54) is 35.1 Å². The first kappa shape index (κ1) is 32.4. The molecule has 0 aromatic carbocycles. The molecule has 0 spiro atoms. The Hall–Kier alpha value is -4.81. The quantitative estimate of drug-likeness (QED) is 0.202. The van der Waals surface area contributed by atoms with Gasteiger partial charge in [0.05, 0.1) is 24.8 Å². The molecule has 3 aromatic rings. The molecule has 50 heavy (non-hydrogen) atoms. The van der Waals surface area contributed by atoms with E-state index in [-0.39, 0.29) is 17.2 Å². The van der Waals surface area contributed by atoms with Gasteiger partial charge in [0.2, 0.25) is 0 Å². The van der Waals surface area contributed by atoms with E-state index in [0.717, 1.165) is 44.8 Å². The molecule has 260 valence electrons. The molecular formula is C38H44N8O4. The molecule has 12 nitrogen and oxygen atoms in total. The van der Waals surface area contributed by atoms with Crippen LogP contribution in [0.25, 0.3) is 11.1 Å². The molecule has 6 heterocycles. The van der Waals surface area contributed by atoms with Crippen molar-refractivity contribution in [3.05, 3.63) is 87.1 Å². The standard InChI is InChI=1S/C38H44N8O4/c1-23(44-12-11-43(18-24(44)2)28-21-50-22-28)5-8-34(39-3)41-32-16-27(19-42(4)37(32)48)29-9-10-40-36(31(29)20-47)46-14-13-45-33(38(46)49)17-30-25-6-7-26(15-25)35(30)45/h5,8-10,16-17,19-20,24-26,28,41H,3,6-7,11-15,18,21-22H2,1-2,4H3/b23-5+,34-8+/t24-,25+,26-/m0/s1. The number of aryl methyl sites for hydroxylation is 1. The molecule has 1 amide bonds. The first-order valence-corrected chi connectivity index (χ1v) is 17.7.